The Labute approximate surface area is 91.6 Å². The Balaban J connectivity index is 2.61. The van der Waals surface area contributed by atoms with Gasteiger partial charge in [0.1, 0.15) is 0 Å². The fourth-order valence-corrected chi connectivity index (χ4v) is 2.20. The van der Waals surface area contributed by atoms with Gasteiger partial charge in [-0.05, 0) is 33.4 Å². The van der Waals surface area contributed by atoms with Crippen molar-refractivity contribution in [1.29, 1.82) is 0 Å². The second-order valence-electron chi connectivity index (χ2n) is 4.49. The van der Waals surface area contributed by atoms with Crippen molar-refractivity contribution in [3.8, 4) is 0 Å². The Bertz CT molecular complexity index is 219. The lowest BCUT2D eigenvalue weighted by Crippen LogP contribution is -2.53. The zero-order valence-corrected chi connectivity index (χ0v) is 9.86. The third-order valence-corrected chi connectivity index (χ3v) is 3.16. The van der Waals surface area contributed by atoms with E-state index in [1.54, 1.807) is 0 Å². The molecule has 0 radical (unpaired) electrons. The fraction of sp³-hybridized carbons (Fsp3) is 0.909. The highest BCUT2D eigenvalue weighted by Crippen LogP contribution is 2.19. The molecule has 2 atom stereocenters. The van der Waals surface area contributed by atoms with Crippen LogP contribution in [0.1, 0.15) is 27.2 Å². The average molecular weight is 214 g/mol. The molecule has 4 nitrogen and oxygen atoms in total. The Kier molecular flexibility index (Phi) is 4.54. The Morgan fingerprint density at radius 3 is 2.73 bits per heavy atom. The summed E-state index contributed by atoms with van der Waals surface area (Å²) in [6.07, 6.45) is 0.934. The first-order valence-electron chi connectivity index (χ1n) is 5.76. The highest BCUT2D eigenvalue weighted by atomic mass is 16.4. The number of carboxylic acid groups (broad SMARTS) is 1. The van der Waals surface area contributed by atoms with Crippen molar-refractivity contribution in [2.75, 3.05) is 19.6 Å². The van der Waals surface area contributed by atoms with Gasteiger partial charge in [0.05, 0.1) is 5.92 Å². The molecule has 0 aromatic heterocycles. The van der Waals surface area contributed by atoms with E-state index in [2.05, 4.69) is 24.1 Å². The standard InChI is InChI=1S/C11H22N2O2/c1-4-12-10-5-6-13(8(2)3)7-9(10)11(14)15/h8-10,12H,4-7H2,1-3H3,(H,14,15). The topological polar surface area (TPSA) is 52.6 Å². The van der Waals surface area contributed by atoms with Gasteiger partial charge in [0.2, 0.25) is 0 Å². The Morgan fingerprint density at radius 1 is 1.60 bits per heavy atom. The molecule has 0 amide bonds. The molecular formula is C11H22N2O2. The van der Waals surface area contributed by atoms with Crippen LogP contribution in [0.3, 0.4) is 0 Å². The normalized spacial score (nSPS) is 28.3. The summed E-state index contributed by atoms with van der Waals surface area (Å²) in [5.41, 5.74) is 0. The Morgan fingerprint density at radius 2 is 2.27 bits per heavy atom. The van der Waals surface area contributed by atoms with E-state index in [0.717, 1.165) is 19.5 Å². The number of aliphatic carboxylic acids is 1. The van der Waals surface area contributed by atoms with E-state index in [9.17, 15) is 4.79 Å². The highest BCUT2D eigenvalue weighted by Gasteiger charge is 2.34. The summed E-state index contributed by atoms with van der Waals surface area (Å²) in [6.45, 7) is 8.77. The molecular weight excluding hydrogens is 192 g/mol. The smallest absolute Gasteiger partial charge is 0.309 e. The zero-order chi connectivity index (χ0) is 11.4. The van der Waals surface area contributed by atoms with Crippen molar-refractivity contribution in [1.82, 2.24) is 10.2 Å². The molecule has 2 unspecified atom stereocenters. The van der Waals surface area contributed by atoms with E-state index >= 15 is 0 Å². The molecule has 1 fully saturated rings. The third kappa shape index (κ3) is 3.18. The third-order valence-electron chi connectivity index (χ3n) is 3.16. The van der Waals surface area contributed by atoms with Crippen LogP contribution in [-0.4, -0.2) is 47.7 Å². The summed E-state index contributed by atoms with van der Waals surface area (Å²) < 4.78 is 0. The number of likely N-dealkylation sites (tertiary alicyclic amines) is 1. The fourth-order valence-electron chi connectivity index (χ4n) is 2.20. The quantitative estimate of drug-likeness (QED) is 0.726. The number of nitrogens with one attached hydrogen (secondary N) is 1. The summed E-state index contributed by atoms with van der Waals surface area (Å²) in [5, 5.41) is 12.4. The number of nitrogens with zero attached hydrogens (tertiary/aromatic N) is 1. The minimum atomic E-state index is -0.675. The molecule has 2 N–H and O–H groups in total. The van der Waals surface area contributed by atoms with E-state index in [4.69, 9.17) is 5.11 Å². The van der Waals surface area contributed by atoms with Gasteiger partial charge in [0.15, 0.2) is 0 Å². The van der Waals surface area contributed by atoms with Crippen molar-refractivity contribution >= 4 is 5.97 Å². The summed E-state index contributed by atoms with van der Waals surface area (Å²) in [4.78, 5) is 13.4. The molecule has 1 saturated heterocycles. The average Bonchev–Trinajstić information content (AvgIpc) is 2.18. The first kappa shape index (κ1) is 12.5. The largest absolute Gasteiger partial charge is 0.481 e. The lowest BCUT2D eigenvalue weighted by molar-refractivity contribution is -0.145. The minimum absolute atomic E-state index is 0.141. The minimum Gasteiger partial charge on any atom is -0.481 e. The van der Waals surface area contributed by atoms with Gasteiger partial charge >= 0.3 is 5.97 Å². The maximum Gasteiger partial charge on any atom is 0.309 e. The number of rotatable bonds is 4. The van der Waals surface area contributed by atoms with Crippen LogP contribution in [0.5, 0.6) is 0 Å². The highest BCUT2D eigenvalue weighted by molar-refractivity contribution is 5.71. The molecule has 1 aliphatic rings. The first-order chi connectivity index (χ1) is 7.06. The molecule has 0 bridgehead atoms. The molecule has 0 saturated carbocycles. The van der Waals surface area contributed by atoms with E-state index in [-0.39, 0.29) is 12.0 Å². The van der Waals surface area contributed by atoms with Gasteiger partial charge in [0, 0.05) is 18.6 Å². The van der Waals surface area contributed by atoms with Crippen molar-refractivity contribution in [2.24, 2.45) is 5.92 Å². The van der Waals surface area contributed by atoms with Crippen molar-refractivity contribution in [3.05, 3.63) is 0 Å². The number of carboxylic acids is 1. The van der Waals surface area contributed by atoms with Crippen LogP contribution in [0.15, 0.2) is 0 Å². The SMILES string of the molecule is CCNC1CCN(C(C)C)CC1C(=O)O. The van der Waals surface area contributed by atoms with Gasteiger partial charge in [0.25, 0.3) is 0 Å². The number of hydrogen-bond donors (Lipinski definition) is 2. The van der Waals surface area contributed by atoms with Crippen LogP contribution in [0.2, 0.25) is 0 Å². The second-order valence-corrected chi connectivity index (χ2v) is 4.49. The first-order valence-corrected chi connectivity index (χ1v) is 5.76. The Hall–Kier alpha value is -0.610. The van der Waals surface area contributed by atoms with Crippen LogP contribution in [-0.2, 0) is 4.79 Å². The zero-order valence-electron chi connectivity index (χ0n) is 9.86. The molecule has 0 aliphatic carbocycles. The summed E-state index contributed by atoms with van der Waals surface area (Å²) in [7, 11) is 0. The number of carbonyl (C=O) groups is 1. The molecule has 4 heteroatoms. The maximum atomic E-state index is 11.1. The van der Waals surface area contributed by atoms with Crippen molar-refractivity contribution in [3.63, 3.8) is 0 Å². The second kappa shape index (κ2) is 5.47. The van der Waals surface area contributed by atoms with Gasteiger partial charge in [-0.3, -0.25) is 9.69 Å². The van der Waals surface area contributed by atoms with Crippen molar-refractivity contribution < 1.29 is 9.90 Å². The van der Waals surface area contributed by atoms with Crippen LogP contribution < -0.4 is 5.32 Å². The van der Waals surface area contributed by atoms with Gasteiger partial charge in [-0.15, -0.1) is 0 Å². The van der Waals surface area contributed by atoms with E-state index in [1.807, 2.05) is 6.92 Å². The van der Waals surface area contributed by atoms with Crippen LogP contribution >= 0.6 is 0 Å². The van der Waals surface area contributed by atoms with Crippen LogP contribution in [0.25, 0.3) is 0 Å². The summed E-state index contributed by atoms with van der Waals surface area (Å²) in [5.74, 6) is -0.938. The van der Waals surface area contributed by atoms with Gasteiger partial charge in [-0.25, -0.2) is 0 Å². The molecule has 0 aromatic carbocycles. The monoisotopic (exact) mass is 214 g/mol. The molecule has 0 spiro atoms. The predicted molar refractivity (Wildman–Crippen MR) is 59.9 cm³/mol. The summed E-state index contributed by atoms with van der Waals surface area (Å²) >= 11 is 0. The van der Waals surface area contributed by atoms with Gasteiger partial charge in [-0.2, -0.15) is 0 Å². The predicted octanol–water partition coefficient (Wildman–Crippen LogP) is 0.779. The van der Waals surface area contributed by atoms with E-state index < -0.39 is 5.97 Å². The number of hydrogen-bond acceptors (Lipinski definition) is 3. The molecule has 15 heavy (non-hydrogen) atoms. The maximum absolute atomic E-state index is 11.1. The van der Waals surface area contributed by atoms with Gasteiger partial charge in [-0.1, -0.05) is 6.92 Å². The van der Waals surface area contributed by atoms with Crippen LogP contribution in [0.4, 0.5) is 0 Å². The number of piperidine rings is 1. The summed E-state index contributed by atoms with van der Waals surface area (Å²) in [6, 6.07) is 0.580. The van der Waals surface area contributed by atoms with Crippen LogP contribution in [0, 0.1) is 5.92 Å². The van der Waals surface area contributed by atoms with E-state index in [0.29, 0.717) is 12.6 Å². The lowest BCUT2D eigenvalue weighted by atomic mass is 9.91. The lowest BCUT2D eigenvalue weighted by Gasteiger charge is -2.38. The van der Waals surface area contributed by atoms with E-state index in [1.165, 1.54) is 0 Å². The molecule has 1 aliphatic heterocycles. The molecule has 88 valence electrons. The molecule has 1 rings (SSSR count). The van der Waals surface area contributed by atoms with Crippen molar-refractivity contribution in [2.45, 2.75) is 39.3 Å². The van der Waals surface area contributed by atoms with Gasteiger partial charge < -0.3 is 10.4 Å². The molecule has 1 heterocycles. The molecule has 0 aromatic rings.